The molecule has 0 saturated carbocycles. The molecule has 1 fully saturated rings. The van der Waals surface area contributed by atoms with Crippen molar-refractivity contribution < 1.29 is 18.9 Å². The molecule has 0 unspecified atom stereocenters. The van der Waals surface area contributed by atoms with E-state index in [9.17, 15) is 14.4 Å². The van der Waals surface area contributed by atoms with Crippen LogP contribution >= 0.6 is 0 Å². The first-order valence-corrected chi connectivity index (χ1v) is 9.37. The lowest BCUT2D eigenvalue weighted by molar-refractivity contribution is -0.143. The van der Waals surface area contributed by atoms with Crippen LogP contribution in [0.2, 0.25) is 0 Å². The summed E-state index contributed by atoms with van der Waals surface area (Å²) in [5.74, 6) is -1.20. The van der Waals surface area contributed by atoms with Gasteiger partial charge in [0.1, 0.15) is 6.54 Å². The van der Waals surface area contributed by atoms with E-state index in [1.165, 1.54) is 12.0 Å². The second-order valence-electron chi connectivity index (χ2n) is 6.87. The topological polar surface area (TPSA) is 96.6 Å². The van der Waals surface area contributed by atoms with Crippen LogP contribution in [0.15, 0.2) is 46.5 Å². The molecule has 28 heavy (non-hydrogen) atoms. The summed E-state index contributed by atoms with van der Waals surface area (Å²) in [6.45, 7) is -0.00667. The average Bonchev–Trinajstić information content (AvgIpc) is 3.28. The fraction of sp³-hybridized carbons (Fsp3) is 0.350. The summed E-state index contributed by atoms with van der Waals surface area (Å²) in [6, 6.07) is 8.58. The second kappa shape index (κ2) is 7.75. The molecule has 8 nitrogen and oxygen atoms in total. The Morgan fingerprint density at radius 1 is 1.00 bits per heavy atom. The normalized spacial score (nSPS) is 17.4. The number of carbonyl (C=O) groups is 3. The molecule has 2 aromatic rings. The van der Waals surface area contributed by atoms with Gasteiger partial charge in [-0.3, -0.25) is 14.5 Å². The SMILES string of the molecule is O=C1C(=O)N(Cc2nc(-c3ccccc3)no2)C(=O)N1CCC1=CCCCC1. The molecule has 0 atom stereocenters. The van der Waals surface area contributed by atoms with Crippen LogP contribution in [0.3, 0.4) is 0 Å². The van der Waals surface area contributed by atoms with E-state index in [1.54, 1.807) is 0 Å². The highest BCUT2D eigenvalue weighted by Crippen LogP contribution is 2.23. The van der Waals surface area contributed by atoms with Gasteiger partial charge in [-0.05, 0) is 32.1 Å². The molecule has 0 N–H and O–H groups in total. The fourth-order valence-electron chi connectivity index (χ4n) is 3.43. The summed E-state index contributed by atoms with van der Waals surface area (Å²) in [5.41, 5.74) is 2.00. The van der Waals surface area contributed by atoms with Crippen molar-refractivity contribution >= 4 is 17.8 Å². The van der Waals surface area contributed by atoms with Gasteiger partial charge in [-0.25, -0.2) is 9.69 Å². The minimum Gasteiger partial charge on any atom is -0.337 e. The molecule has 1 aliphatic heterocycles. The molecular weight excluding hydrogens is 360 g/mol. The summed E-state index contributed by atoms with van der Waals surface area (Å²) in [6.07, 6.45) is 7.09. The van der Waals surface area contributed by atoms with E-state index in [1.807, 2.05) is 30.3 Å². The van der Waals surface area contributed by atoms with Crippen molar-refractivity contribution in [1.29, 1.82) is 0 Å². The van der Waals surface area contributed by atoms with Gasteiger partial charge >= 0.3 is 17.8 Å². The van der Waals surface area contributed by atoms with Crippen molar-refractivity contribution in [2.45, 2.75) is 38.6 Å². The van der Waals surface area contributed by atoms with E-state index in [2.05, 4.69) is 16.2 Å². The molecule has 0 radical (unpaired) electrons. The molecular formula is C20H20N4O4. The third-order valence-corrected chi connectivity index (χ3v) is 4.97. The van der Waals surface area contributed by atoms with Crippen LogP contribution in [-0.4, -0.2) is 44.3 Å². The first-order chi connectivity index (χ1) is 13.6. The van der Waals surface area contributed by atoms with Crippen molar-refractivity contribution in [2.75, 3.05) is 6.54 Å². The lowest BCUT2D eigenvalue weighted by Crippen LogP contribution is -2.34. The van der Waals surface area contributed by atoms with Gasteiger partial charge in [0, 0.05) is 12.1 Å². The molecule has 4 amide bonds. The molecule has 4 rings (SSSR count). The largest absolute Gasteiger partial charge is 0.337 e. The fourth-order valence-corrected chi connectivity index (χ4v) is 3.43. The number of aromatic nitrogens is 2. The highest BCUT2D eigenvalue weighted by atomic mass is 16.5. The summed E-state index contributed by atoms with van der Waals surface area (Å²) in [4.78, 5) is 43.2. The van der Waals surface area contributed by atoms with E-state index >= 15 is 0 Å². The van der Waals surface area contributed by atoms with E-state index in [-0.39, 0.29) is 19.0 Å². The van der Waals surface area contributed by atoms with Crippen LogP contribution in [-0.2, 0) is 16.1 Å². The minimum absolute atomic E-state index is 0.102. The molecule has 0 bridgehead atoms. The van der Waals surface area contributed by atoms with E-state index in [0.29, 0.717) is 12.2 Å². The van der Waals surface area contributed by atoms with Gasteiger partial charge in [-0.2, -0.15) is 4.98 Å². The molecule has 1 aliphatic carbocycles. The molecule has 1 saturated heterocycles. The molecule has 1 aromatic carbocycles. The number of amides is 4. The number of rotatable bonds is 6. The van der Waals surface area contributed by atoms with Crippen LogP contribution in [0.4, 0.5) is 4.79 Å². The number of allylic oxidation sites excluding steroid dienone is 1. The Morgan fingerprint density at radius 3 is 2.54 bits per heavy atom. The van der Waals surface area contributed by atoms with Crippen LogP contribution in [0.25, 0.3) is 11.4 Å². The number of carbonyl (C=O) groups excluding carboxylic acids is 3. The van der Waals surface area contributed by atoms with Gasteiger partial charge in [-0.1, -0.05) is 47.1 Å². The zero-order valence-corrected chi connectivity index (χ0v) is 15.3. The highest BCUT2D eigenvalue weighted by Gasteiger charge is 2.44. The molecule has 8 heteroatoms. The summed E-state index contributed by atoms with van der Waals surface area (Å²) < 4.78 is 5.16. The first kappa shape index (κ1) is 18.1. The van der Waals surface area contributed by atoms with Crippen LogP contribution in [0, 0.1) is 0 Å². The molecule has 1 aromatic heterocycles. The number of nitrogens with zero attached hydrogens (tertiary/aromatic N) is 4. The molecule has 144 valence electrons. The minimum atomic E-state index is -0.859. The van der Waals surface area contributed by atoms with Gasteiger partial charge in [0.25, 0.3) is 0 Å². The van der Waals surface area contributed by atoms with Crippen LogP contribution in [0.5, 0.6) is 0 Å². The van der Waals surface area contributed by atoms with Crippen LogP contribution in [0.1, 0.15) is 38.0 Å². The number of hydrogen-bond donors (Lipinski definition) is 0. The van der Waals surface area contributed by atoms with Crippen molar-refractivity contribution in [3.8, 4) is 11.4 Å². The Labute approximate surface area is 161 Å². The van der Waals surface area contributed by atoms with Gasteiger partial charge < -0.3 is 4.52 Å². The maximum atomic E-state index is 12.6. The van der Waals surface area contributed by atoms with E-state index in [0.717, 1.165) is 34.6 Å². The maximum absolute atomic E-state index is 12.6. The lowest BCUT2D eigenvalue weighted by Gasteiger charge is -2.17. The standard InChI is InChI=1S/C20H20N4O4/c25-18-19(26)24(20(27)23(18)12-11-14-7-3-1-4-8-14)13-16-21-17(22-28-16)15-9-5-2-6-10-15/h2,5-7,9-10H,1,3-4,8,11-13H2. The van der Waals surface area contributed by atoms with Crippen LogP contribution < -0.4 is 0 Å². The number of urea groups is 1. The van der Waals surface area contributed by atoms with Crippen molar-refractivity contribution in [3.63, 3.8) is 0 Å². The molecule has 2 heterocycles. The van der Waals surface area contributed by atoms with E-state index < -0.39 is 17.8 Å². The first-order valence-electron chi connectivity index (χ1n) is 9.37. The smallest absolute Gasteiger partial charge is 0.334 e. The van der Waals surface area contributed by atoms with Gasteiger partial charge in [0.2, 0.25) is 11.7 Å². The van der Waals surface area contributed by atoms with Crippen molar-refractivity contribution in [1.82, 2.24) is 19.9 Å². The predicted octanol–water partition coefficient (Wildman–Crippen LogP) is 2.92. The average molecular weight is 380 g/mol. The van der Waals surface area contributed by atoms with Gasteiger partial charge in [0.15, 0.2) is 0 Å². The Kier molecular flexibility index (Phi) is 5.01. The Hall–Kier alpha value is -3.29. The third kappa shape index (κ3) is 3.58. The third-order valence-electron chi connectivity index (χ3n) is 4.97. The summed E-state index contributed by atoms with van der Waals surface area (Å²) >= 11 is 0. The monoisotopic (exact) mass is 380 g/mol. The quantitative estimate of drug-likeness (QED) is 0.434. The highest BCUT2D eigenvalue weighted by molar-refractivity contribution is 6.44. The zero-order chi connectivity index (χ0) is 19.5. The zero-order valence-electron chi connectivity index (χ0n) is 15.3. The Balaban J connectivity index is 1.43. The van der Waals surface area contributed by atoms with Gasteiger partial charge in [0.05, 0.1) is 0 Å². The maximum Gasteiger partial charge on any atom is 0.334 e. The summed E-state index contributed by atoms with van der Waals surface area (Å²) in [5, 5.41) is 3.87. The van der Waals surface area contributed by atoms with Crippen molar-refractivity contribution in [2.24, 2.45) is 0 Å². The van der Waals surface area contributed by atoms with Gasteiger partial charge in [-0.15, -0.1) is 0 Å². The number of benzene rings is 1. The number of imide groups is 2. The van der Waals surface area contributed by atoms with Crippen molar-refractivity contribution in [3.05, 3.63) is 47.9 Å². The number of hydrogen-bond acceptors (Lipinski definition) is 6. The second-order valence-corrected chi connectivity index (χ2v) is 6.87. The summed E-state index contributed by atoms with van der Waals surface area (Å²) in [7, 11) is 0. The Morgan fingerprint density at radius 2 is 1.79 bits per heavy atom. The molecule has 2 aliphatic rings. The Bertz CT molecular complexity index is 935. The predicted molar refractivity (Wildman–Crippen MR) is 98.6 cm³/mol. The van der Waals surface area contributed by atoms with E-state index in [4.69, 9.17) is 4.52 Å². The molecule has 0 spiro atoms. The lowest BCUT2D eigenvalue weighted by atomic mass is 9.97.